The van der Waals surface area contributed by atoms with Gasteiger partial charge in [0.2, 0.25) is 0 Å². The maximum atomic E-state index is 11.5. The van der Waals surface area contributed by atoms with Crippen molar-refractivity contribution in [1.29, 1.82) is 0 Å². The topological polar surface area (TPSA) is 38.3 Å². The summed E-state index contributed by atoms with van der Waals surface area (Å²) in [7, 11) is 0. The van der Waals surface area contributed by atoms with E-state index in [0.29, 0.717) is 10.0 Å². The molecule has 0 bridgehead atoms. The fraction of sp³-hybridized carbons (Fsp3) is 0.0625. The van der Waals surface area contributed by atoms with E-state index < -0.39 is 6.09 Å². The predicted octanol–water partition coefficient (Wildman–Crippen LogP) is 4.89. The Kier molecular flexibility index (Phi) is 5.67. The van der Waals surface area contributed by atoms with Crippen LogP contribution in [-0.4, -0.2) is 6.09 Å². The van der Waals surface area contributed by atoms with E-state index in [2.05, 4.69) is 5.32 Å². The minimum absolute atomic E-state index is 0.192. The van der Waals surface area contributed by atoms with Crippen LogP contribution in [0.3, 0.4) is 0 Å². The third-order valence-electron chi connectivity index (χ3n) is 2.63. The third-order valence-corrected chi connectivity index (χ3v) is 3.13. The number of benzene rings is 2. The molecule has 0 unspecified atom stereocenters. The summed E-state index contributed by atoms with van der Waals surface area (Å²) in [4.78, 5) is 11.5. The highest BCUT2D eigenvalue weighted by molar-refractivity contribution is 6.30. The molecule has 108 valence electrons. The van der Waals surface area contributed by atoms with Gasteiger partial charge in [-0.3, -0.25) is 5.32 Å². The summed E-state index contributed by atoms with van der Waals surface area (Å²) in [5.41, 5.74) is 1.80. The Balaban J connectivity index is 1.77. The normalized spacial score (nSPS) is 10.6. The summed E-state index contributed by atoms with van der Waals surface area (Å²) in [5, 5.41) is 3.84. The van der Waals surface area contributed by atoms with E-state index in [4.69, 9.17) is 27.9 Å². The van der Waals surface area contributed by atoms with Gasteiger partial charge >= 0.3 is 6.09 Å². The maximum absolute atomic E-state index is 11.5. The number of carbonyl (C=O) groups is 1. The molecule has 0 saturated carbocycles. The molecule has 0 atom stereocenters. The minimum Gasteiger partial charge on any atom is -0.444 e. The lowest BCUT2D eigenvalue weighted by Gasteiger charge is -2.04. The van der Waals surface area contributed by atoms with Crippen LogP contribution < -0.4 is 5.32 Å². The Labute approximate surface area is 133 Å². The fourth-order valence-electron chi connectivity index (χ4n) is 1.55. The molecule has 5 heteroatoms. The molecule has 0 aliphatic rings. The van der Waals surface area contributed by atoms with Crippen LogP contribution in [0.4, 0.5) is 4.79 Å². The van der Waals surface area contributed by atoms with Crippen LogP contribution in [0.1, 0.15) is 11.1 Å². The average molecular weight is 322 g/mol. The number of rotatable bonds is 4. The predicted molar refractivity (Wildman–Crippen MR) is 85.3 cm³/mol. The molecular formula is C16H13Cl2NO2. The second-order valence-electron chi connectivity index (χ2n) is 4.23. The zero-order valence-electron chi connectivity index (χ0n) is 11.1. The molecule has 3 nitrogen and oxygen atoms in total. The Hall–Kier alpha value is -1.97. The summed E-state index contributed by atoms with van der Waals surface area (Å²) in [5.74, 6) is 0. The number of hydrogen-bond donors (Lipinski definition) is 1. The van der Waals surface area contributed by atoms with Crippen LogP contribution in [0.5, 0.6) is 0 Å². The van der Waals surface area contributed by atoms with Crippen LogP contribution >= 0.6 is 23.2 Å². The van der Waals surface area contributed by atoms with Crippen molar-refractivity contribution in [2.24, 2.45) is 0 Å². The molecule has 2 rings (SSSR count). The first-order chi connectivity index (χ1) is 10.1. The van der Waals surface area contributed by atoms with E-state index >= 15 is 0 Å². The highest BCUT2D eigenvalue weighted by Gasteiger charge is 2.00. The van der Waals surface area contributed by atoms with Crippen molar-refractivity contribution in [3.05, 3.63) is 75.9 Å². The molecule has 2 aromatic rings. The summed E-state index contributed by atoms with van der Waals surface area (Å²) in [6.07, 6.45) is 2.75. The molecule has 0 aliphatic carbocycles. The van der Waals surface area contributed by atoms with Gasteiger partial charge in [0, 0.05) is 16.2 Å². The van der Waals surface area contributed by atoms with E-state index in [9.17, 15) is 4.79 Å². The quantitative estimate of drug-likeness (QED) is 0.870. The smallest absolute Gasteiger partial charge is 0.411 e. The van der Waals surface area contributed by atoms with Crippen LogP contribution in [0.2, 0.25) is 10.0 Å². The average Bonchev–Trinajstić information content (AvgIpc) is 2.49. The molecule has 0 heterocycles. The van der Waals surface area contributed by atoms with Crippen molar-refractivity contribution in [1.82, 2.24) is 5.32 Å². The standard InChI is InChI=1S/C16H13Cl2NO2/c17-14-5-1-12(2-6-14)9-10-19-16(20)21-11-13-3-7-15(18)8-4-13/h1-10H,11H2,(H,19,20). The number of hydrogen-bond acceptors (Lipinski definition) is 2. The SMILES string of the molecule is O=C(NC=Cc1ccc(Cl)cc1)OCc1ccc(Cl)cc1. The van der Waals surface area contributed by atoms with Gasteiger partial charge in [-0.2, -0.15) is 0 Å². The lowest BCUT2D eigenvalue weighted by molar-refractivity contribution is 0.143. The Morgan fingerprint density at radius 3 is 2.19 bits per heavy atom. The molecular weight excluding hydrogens is 309 g/mol. The van der Waals surface area contributed by atoms with Gasteiger partial charge in [-0.25, -0.2) is 4.79 Å². The van der Waals surface area contributed by atoms with Crippen molar-refractivity contribution < 1.29 is 9.53 Å². The first-order valence-corrected chi connectivity index (χ1v) is 6.99. The van der Waals surface area contributed by atoms with E-state index in [-0.39, 0.29) is 6.61 Å². The molecule has 0 fully saturated rings. The van der Waals surface area contributed by atoms with Crippen molar-refractivity contribution in [3.63, 3.8) is 0 Å². The zero-order valence-corrected chi connectivity index (χ0v) is 12.6. The molecule has 2 aromatic carbocycles. The lowest BCUT2D eigenvalue weighted by Crippen LogP contribution is -2.18. The first-order valence-electron chi connectivity index (χ1n) is 6.23. The molecule has 0 spiro atoms. The number of halogens is 2. The highest BCUT2D eigenvalue weighted by atomic mass is 35.5. The van der Waals surface area contributed by atoms with Gasteiger partial charge < -0.3 is 4.74 Å². The number of amides is 1. The van der Waals surface area contributed by atoms with Crippen LogP contribution in [0.15, 0.2) is 54.7 Å². The fourth-order valence-corrected chi connectivity index (χ4v) is 1.80. The monoisotopic (exact) mass is 321 g/mol. The minimum atomic E-state index is -0.518. The van der Waals surface area contributed by atoms with Gasteiger partial charge in [-0.05, 0) is 41.5 Å². The number of ether oxygens (including phenoxy) is 1. The van der Waals surface area contributed by atoms with Crippen molar-refractivity contribution in [2.45, 2.75) is 6.61 Å². The van der Waals surface area contributed by atoms with Gasteiger partial charge in [-0.15, -0.1) is 0 Å². The second-order valence-corrected chi connectivity index (χ2v) is 5.10. The van der Waals surface area contributed by atoms with Gasteiger partial charge in [0.15, 0.2) is 0 Å². The van der Waals surface area contributed by atoms with Crippen LogP contribution in [0, 0.1) is 0 Å². The molecule has 0 saturated heterocycles. The van der Waals surface area contributed by atoms with E-state index in [1.54, 1.807) is 42.5 Å². The second kappa shape index (κ2) is 7.72. The van der Waals surface area contributed by atoms with Crippen LogP contribution in [0.25, 0.3) is 6.08 Å². The summed E-state index contributed by atoms with van der Waals surface area (Å²) < 4.78 is 5.06. The zero-order chi connectivity index (χ0) is 15.1. The Morgan fingerprint density at radius 1 is 1.00 bits per heavy atom. The van der Waals surface area contributed by atoms with Gasteiger partial charge in [0.05, 0.1) is 0 Å². The highest BCUT2D eigenvalue weighted by Crippen LogP contribution is 2.11. The van der Waals surface area contributed by atoms with E-state index in [0.717, 1.165) is 11.1 Å². The van der Waals surface area contributed by atoms with Gasteiger partial charge in [0.25, 0.3) is 0 Å². The Morgan fingerprint density at radius 2 is 1.57 bits per heavy atom. The molecule has 1 amide bonds. The van der Waals surface area contributed by atoms with E-state index in [1.807, 2.05) is 12.1 Å². The van der Waals surface area contributed by atoms with Crippen molar-refractivity contribution in [3.8, 4) is 0 Å². The molecule has 0 aromatic heterocycles. The van der Waals surface area contributed by atoms with Crippen molar-refractivity contribution in [2.75, 3.05) is 0 Å². The molecule has 21 heavy (non-hydrogen) atoms. The summed E-state index contributed by atoms with van der Waals surface area (Å²) in [6.45, 7) is 0.192. The largest absolute Gasteiger partial charge is 0.444 e. The summed E-state index contributed by atoms with van der Waals surface area (Å²) in [6, 6.07) is 14.4. The number of carbonyl (C=O) groups excluding carboxylic acids is 1. The molecule has 0 radical (unpaired) electrons. The molecule has 1 N–H and O–H groups in total. The van der Waals surface area contributed by atoms with E-state index in [1.165, 1.54) is 6.20 Å². The van der Waals surface area contributed by atoms with Gasteiger partial charge in [0.1, 0.15) is 6.61 Å². The lowest BCUT2D eigenvalue weighted by atomic mass is 10.2. The Bertz CT molecular complexity index is 622. The molecule has 0 aliphatic heterocycles. The first kappa shape index (κ1) is 15.4. The number of alkyl carbamates (subject to hydrolysis) is 1. The van der Waals surface area contributed by atoms with Crippen LogP contribution in [-0.2, 0) is 11.3 Å². The maximum Gasteiger partial charge on any atom is 0.411 e. The van der Waals surface area contributed by atoms with Crippen molar-refractivity contribution >= 4 is 35.4 Å². The summed E-state index contributed by atoms with van der Waals surface area (Å²) >= 11 is 11.6. The number of nitrogens with one attached hydrogen (secondary N) is 1. The third kappa shape index (κ3) is 5.50. The van der Waals surface area contributed by atoms with Gasteiger partial charge in [-0.1, -0.05) is 47.5 Å².